The molecule has 0 fully saturated rings. The van der Waals surface area contributed by atoms with Crippen LogP contribution in [-0.2, 0) is 14.3 Å². The predicted molar refractivity (Wildman–Crippen MR) is 51.3 cm³/mol. The Kier molecular flexibility index (Phi) is 4.57. The van der Waals surface area contributed by atoms with E-state index >= 15 is 0 Å². The van der Waals surface area contributed by atoms with Gasteiger partial charge in [0.05, 0.1) is 12.9 Å². The van der Waals surface area contributed by atoms with Gasteiger partial charge in [-0.1, -0.05) is 0 Å². The number of halogens is 5. The maximum Gasteiger partial charge on any atom is 0.445 e. The van der Waals surface area contributed by atoms with Gasteiger partial charge in [-0.05, 0) is 0 Å². The number of allylic oxidation sites excluding steroid dienone is 1. The number of esters is 1. The van der Waals surface area contributed by atoms with Crippen LogP contribution in [0.1, 0.15) is 0 Å². The van der Waals surface area contributed by atoms with E-state index in [1.807, 2.05) is 0 Å². The third-order valence-electron chi connectivity index (χ3n) is 1.94. The number of nitrogens with zero attached hydrogens (tertiary/aromatic N) is 2. The Hall–Kier alpha value is -2.00. The van der Waals surface area contributed by atoms with E-state index in [-0.39, 0.29) is 13.1 Å². The molecule has 1 amide bonds. The largest absolute Gasteiger partial charge is 0.451 e. The Labute approximate surface area is 103 Å². The molecule has 0 aromatic carbocycles. The summed E-state index contributed by atoms with van der Waals surface area (Å²) < 4.78 is 64.1. The highest BCUT2D eigenvalue weighted by atomic mass is 19.4. The van der Waals surface area contributed by atoms with Gasteiger partial charge in [-0.15, -0.1) is 0 Å². The molecule has 0 bridgehead atoms. The van der Waals surface area contributed by atoms with Crippen molar-refractivity contribution < 1.29 is 36.3 Å². The van der Waals surface area contributed by atoms with Crippen molar-refractivity contribution in [3.05, 3.63) is 11.7 Å². The average molecular weight is 286 g/mol. The number of hydrogen-bond donors (Lipinski definition) is 0. The van der Waals surface area contributed by atoms with Gasteiger partial charge in [0, 0.05) is 6.54 Å². The first-order chi connectivity index (χ1) is 8.73. The second-order valence-electron chi connectivity index (χ2n) is 3.31. The van der Waals surface area contributed by atoms with E-state index in [0.29, 0.717) is 0 Å². The summed E-state index contributed by atoms with van der Waals surface area (Å²) >= 11 is 0. The minimum Gasteiger partial charge on any atom is -0.451 e. The van der Waals surface area contributed by atoms with Crippen LogP contribution >= 0.6 is 0 Å². The highest BCUT2D eigenvalue weighted by Crippen LogP contribution is 2.29. The highest BCUT2D eigenvalue weighted by Gasteiger charge is 2.38. The van der Waals surface area contributed by atoms with Crippen molar-refractivity contribution in [1.29, 1.82) is 0 Å². The van der Waals surface area contributed by atoms with E-state index in [1.54, 1.807) is 0 Å². The molecule has 106 valence electrons. The van der Waals surface area contributed by atoms with Gasteiger partial charge in [-0.3, -0.25) is 14.7 Å². The van der Waals surface area contributed by atoms with E-state index in [2.05, 4.69) is 9.73 Å². The first-order valence-corrected chi connectivity index (χ1v) is 4.82. The summed E-state index contributed by atoms with van der Waals surface area (Å²) in [6.07, 6.45) is -4.48. The van der Waals surface area contributed by atoms with Crippen LogP contribution in [0.2, 0.25) is 0 Å². The van der Waals surface area contributed by atoms with E-state index in [4.69, 9.17) is 0 Å². The van der Waals surface area contributed by atoms with Crippen LogP contribution in [-0.4, -0.2) is 49.0 Å². The molecule has 0 aromatic heterocycles. The molecule has 5 nitrogen and oxygen atoms in total. The Morgan fingerprint density at radius 2 is 1.95 bits per heavy atom. The van der Waals surface area contributed by atoms with Crippen LogP contribution in [0, 0.1) is 0 Å². The molecular formula is C9H7F5N2O3. The minimum absolute atomic E-state index is 0.100. The Morgan fingerprint density at radius 3 is 2.42 bits per heavy atom. The topological polar surface area (TPSA) is 59.0 Å². The number of amides is 1. The molecule has 0 spiro atoms. The zero-order valence-electron chi connectivity index (χ0n) is 9.21. The molecule has 0 unspecified atom stereocenters. The van der Waals surface area contributed by atoms with Gasteiger partial charge in [0.25, 0.3) is 0 Å². The smallest absolute Gasteiger partial charge is 0.445 e. The number of alkyl halides is 3. The highest BCUT2D eigenvalue weighted by molar-refractivity contribution is 6.34. The van der Waals surface area contributed by atoms with Gasteiger partial charge in [0.2, 0.25) is 5.83 Å². The zero-order chi connectivity index (χ0) is 14.6. The van der Waals surface area contributed by atoms with Gasteiger partial charge >= 0.3 is 18.1 Å². The Morgan fingerprint density at radius 1 is 1.32 bits per heavy atom. The number of ether oxygens (including phenoxy) is 1. The van der Waals surface area contributed by atoms with Crippen molar-refractivity contribution in [1.82, 2.24) is 4.90 Å². The lowest BCUT2D eigenvalue weighted by atomic mass is 10.4. The zero-order valence-corrected chi connectivity index (χ0v) is 9.21. The van der Waals surface area contributed by atoms with Crippen molar-refractivity contribution in [2.75, 3.05) is 19.7 Å². The molecule has 1 aliphatic heterocycles. The molecular weight excluding hydrogens is 279 g/mol. The lowest BCUT2D eigenvalue weighted by Gasteiger charge is -2.10. The summed E-state index contributed by atoms with van der Waals surface area (Å²) in [6.45, 7) is -1.25. The fourth-order valence-corrected chi connectivity index (χ4v) is 1.06. The molecule has 0 N–H and O–H groups in total. The van der Waals surface area contributed by atoms with Crippen LogP contribution in [0.4, 0.5) is 22.0 Å². The van der Waals surface area contributed by atoms with Crippen molar-refractivity contribution in [3.63, 3.8) is 0 Å². The molecule has 0 saturated heterocycles. The van der Waals surface area contributed by atoms with Crippen LogP contribution in [0.25, 0.3) is 0 Å². The summed E-state index contributed by atoms with van der Waals surface area (Å²) in [6, 6.07) is 0. The summed E-state index contributed by atoms with van der Waals surface area (Å²) in [7, 11) is 0. The van der Waals surface area contributed by atoms with Crippen molar-refractivity contribution >= 4 is 18.2 Å². The standard InChI is InChI=1S/C9H7F5N2O3/c10-5(6(11)9(12,13)14)3-19-8(18)7(17)16-2-1-15-4-16/h4H,1-3H2/b6-5+. The van der Waals surface area contributed by atoms with E-state index in [9.17, 15) is 31.5 Å². The molecule has 0 saturated carbocycles. The maximum absolute atomic E-state index is 12.6. The van der Waals surface area contributed by atoms with E-state index < -0.39 is 36.3 Å². The van der Waals surface area contributed by atoms with Gasteiger partial charge < -0.3 is 4.74 Å². The van der Waals surface area contributed by atoms with Crippen LogP contribution in [0.15, 0.2) is 16.6 Å². The molecule has 0 aromatic rings. The molecule has 1 heterocycles. The summed E-state index contributed by atoms with van der Waals surface area (Å²) in [5.41, 5.74) is 0. The van der Waals surface area contributed by atoms with Gasteiger partial charge in [0.1, 0.15) is 6.61 Å². The summed E-state index contributed by atoms with van der Waals surface area (Å²) in [5, 5.41) is 0. The molecule has 0 atom stereocenters. The lowest BCUT2D eigenvalue weighted by Crippen LogP contribution is -2.35. The minimum atomic E-state index is -5.51. The first-order valence-electron chi connectivity index (χ1n) is 4.82. The summed E-state index contributed by atoms with van der Waals surface area (Å²) in [5.74, 6) is -8.14. The monoisotopic (exact) mass is 286 g/mol. The quantitative estimate of drug-likeness (QED) is 0.434. The van der Waals surface area contributed by atoms with Crippen LogP contribution < -0.4 is 0 Å². The third kappa shape index (κ3) is 4.00. The van der Waals surface area contributed by atoms with E-state index in [0.717, 1.165) is 11.2 Å². The van der Waals surface area contributed by atoms with Crippen molar-refractivity contribution in [3.8, 4) is 0 Å². The Bertz CT molecular complexity index is 444. The maximum atomic E-state index is 12.6. The average Bonchev–Trinajstić information content (AvgIpc) is 2.86. The number of aliphatic imine (C=N–C) groups is 1. The first kappa shape index (κ1) is 15.1. The number of rotatable bonds is 2. The molecule has 0 aliphatic carbocycles. The van der Waals surface area contributed by atoms with Crippen molar-refractivity contribution in [2.45, 2.75) is 6.18 Å². The van der Waals surface area contributed by atoms with Gasteiger partial charge in [0.15, 0.2) is 5.83 Å². The van der Waals surface area contributed by atoms with Crippen molar-refractivity contribution in [2.24, 2.45) is 4.99 Å². The Balaban J connectivity index is 2.55. The second-order valence-corrected chi connectivity index (χ2v) is 3.31. The molecule has 1 rings (SSSR count). The fourth-order valence-electron chi connectivity index (χ4n) is 1.06. The SMILES string of the molecule is O=C(OC/C(F)=C(\F)C(F)(F)F)C(=O)N1C=NCC1. The second kappa shape index (κ2) is 5.76. The summed E-state index contributed by atoms with van der Waals surface area (Å²) in [4.78, 5) is 26.7. The van der Waals surface area contributed by atoms with Crippen LogP contribution in [0.3, 0.4) is 0 Å². The van der Waals surface area contributed by atoms with Gasteiger partial charge in [-0.25, -0.2) is 9.18 Å². The lowest BCUT2D eigenvalue weighted by molar-refractivity contribution is -0.157. The number of carbonyl (C=O) groups excluding carboxylic acids is 2. The predicted octanol–water partition coefficient (Wildman–Crippen LogP) is 1.11. The normalized spacial score (nSPS) is 16.4. The molecule has 10 heteroatoms. The molecule has 0 radical (unpaired) electrons. The third-order valence-corrected chi connectivity index (χ3v) is 1.94. The number of carbonyl (C=O) groups is 2. The number of hydrogen-bond acceptors (Lipinski definition) is 4. The molecule has 19 heavy (non-hydrogen) atoms. The molecule has 1 aliphatic rings. The van der Waals surface area contributed by atoms with Gasteiger partial charge in [-0.2, -0.15) is 17.6 Å². The van der Waals surface area contributed by atoms with Crippen LogP contribution in [0.5, 0.6) is 0 Å². The van der Waals surface area contributed by atoms with E-state index in [1.165, 1.54) is 0 Å². The fraction of sp³-hybridized carbons (Fsp3) is 0.444.